The minimum Gasteiger partial charge on any atom is -0.497 e. The van der Waals surface area contributed by atoms with Gasteiger partial charge in [0.15, 0.2) is 0 Å². The standard InChI is InChI=1S/C22H31N3O5S/c1-28-12-4-10-23-22(27)19-16-31-20(24-19)15-25(11-5-13-29-2)21(26)14-17-6-8-18(30-3)9-7-17/h6-9,16H,4-5,10-15H2,1-3H3,(H,23,27). The van der Waals surface area contributed by atoms with Crippen molar-refractivity contribution in [3.63, 3.8) is 0 Å². The van der Waals surface area contributed by atoms with Gasteiger partial charge in [-0.05, 0) is 30.5 Å². The number of aromatic nitrogens is 1. The highest BCUT2D eigenvalue weighted by Gasteiger charge is 2.18. The van der Waals surface area contributed by atoms with Crippen molar-refractivity contribution >= 4 is 23.2 Å². The fourth-order valence-corrected chi connectivity index (χ4v) is 3.67. The number of amides is 2. The lowest BCUT2D eigenvalue weighted by Crippen LogP contribution is -2.33. The number of methoxy groups -OCH3 is 3. The molecule has 0 aliphatic carbocycles. The number of thiazole rings is 1. The summed E-state index contributed by atoms with van der Waals surface area (Å²) in [6.07, 6.45) is 1.75. The molecule has 8 nitrogen and oxygen atoms in total. The number of ether oxygens (including phenoxy) is 3. The molecule has 0 unspecified atom stereocenters. The number of rotatable bonds is 14. The fraction of sp³-hybridized carbons (Fsp3) is 0.500. The molecule has 0 aliphatic rings. The molecule has 2 rings (SSSR count). The smallest absolute Gasteiger partial charge is 0.270 e. The molecule has 0 saturated carbocycles. The highest BCUT2D eigenvalue weighted by Crippen LogP contribution is 2.16. The number of hydrogen-bond acceptors (Lipinski definition) is 7. The summed E-state index contributed by atoms with van der Waals surface area (Å²) in [6, 6.07) is 7.46. The van der Waals surface area contributed by atoms with E-state index >= 15 is 0 Å². The van der Waals surface area contributed by atoms with Crippen molar-refractivity contribution in [2.45, 2.75) is 25.8 Å². The largest absolute Gasteiger partial charge is 0.497 e. The predicted molar refractivity (Wildman–Crippen MR) is 120 cm³/mol. The van der Waals surface area contributed by atoms with Crippen LogP contribution in [-0.4, -0.2) is 69.3 Å². The van der Waals surface area contributed by atoms with Crippen molar-refractivity contribution in [3.05, 3.63) is 45.9 Å². The average molecular weight is 450 g/mol. The number of hydrogen-bond donors (Lipinski definition) is 1. The molecule has 2 aromatic rings. The number of benzene rings is 1. The Hall–Kier alpha value is -2.49. The van der Waals surface area contributed by atoms with Crippen LogP contribution in [0.4, 0.5) is 0 Å². The van der Waals surface area contributed by atoms with Crippen LogP contribution in [0.1, 0.15) is 33.9 Å². The van der Waals surface area contributed by atoms with Gasteiger partial charge in [0, 0.05) is 45.9 Å². The molecule has 0 bridgehead atoms. The third-order valence-electron chi connectivity index (χ3n) is 4.56. The Balaban J connectivity index is 1.98. The SMILES string of the molecule is COCCCNC(=O)c1csc(CN(CCCOC)C(=O)Cc2ccc(OC)cc2)n1. The molecule has 31 heavy (non-hydrogen) atoms. The summed E-state index contributed by atoms with van der Waals surface area (Å²) in [6.45, 7) is 2.61. The topological polar surface area (TPSA) is 90.0 Å². The van der Waals surface area contributed by atoms with E-state index in [1.165, 1.54) is 11.3 Å². The minimum atomic E-state index is -0.214. The summed E-state index contributed by atoms with van der Waals surface area (Å²) in [5.41, 5.74) is 1.29. The first kappa shape index (κ1) is 24.8. The van der Waals surface area contributed by atoms with Crippen LogP contribution in [0.25, 0.3) is 0 Å². The molecule has 9 heteroatoms. The summed E-state index contributed by atoms with van der Waals surface area (Å²) >= 11 is 1.38. The van der Waals surface area contributed by atoms with Crippen molar-refractivity contribution in [2.75, 3.05) is 47.6 Å². The molecule has 1 aromatic heterocycles. The van der Waals surface area contributed by atoms with Gasteiger partial charge in [0.25, 0.3) is 5.91 Å². The van der Waals surface area contributed by atoms with Crippen molar-refractivity contribution in [3.8, 4) is 5.75 Å². The molecule has 1 heterocycles. The van der Waals surface area contributed by atoms with E-state index < -0.39 is 0 Å². The van der Waals surface area contributed by atoms with E-state index in [1.54, 1.807) is 31.6 Å². The molecule has 0 spiro atoms. The first-order valence-electron chi connectivity index (χ1n) is 10.2. The number of nitrogens with zero attached hydrogens (tertiary/aromatic N) is 2. The predicted octanol–water partition coefficient (Wildman–Crippen LogP) is 2.53. The molecule has 0 radical (unpaired) electrons. The van der Waals surface area contributed by atoms with Gasteiger partial charge in [-0.25, -0.2) is 4.98 Å². The summed E-state index contributed by atoms with van der Waals surface area (Å²) < 4.78 is 15.3. The van der Waals surface area contributed by atoms with Gasteiger partial charge in [0.1, 0.15) is 16.5 Å². The summed E-state index contributed by atoms with van der Waals surface area (Å²) in [7, 11) is 4.88. The lowest BCUT2D eigenvalue weighted by molar-refractivity contribution is -0.131. The van der Waals surface area contributed by atoms with Crippen molar-refractivity contribution in [1.82, 2.24) is 15.2 Å². The van der Waals surface area contributed by atoms with Gasteiger partial charge < -0.3 is 24.4 Å². The molecule has 0 saturated heterocycles. The van der Waals surface area contributed by atoms with Crippen LogP contribution in [-0.2, 0) is 27.2 Å². The van der Waals surface area contributed by atoms with E-state index in [2.05, 4.69) is 10.3 Å². The fourth-order valence-electron chi connectivity index (χ4n) is 2.88. The maximum Gasteiger partial charge on any atom is 0.270 e. The van der Waals surface area contributed by atoms with E-state index in [-0.39, 0.29) is 18.2 Å². The molecular formula is C22H31N3O5S. The maximum atomic E-state index is 12.9. The summed E-state index contributed by atoms with van der Waals surface area (Å²) in [4.78, 5) is 31.4. The molecule has 170 valence electrons. The Labute approximate surface area is 187 Å². The van der Waals surface area contributed by atoms with Crippen molar-refractivity contribution in [2.24, 2.45) is 0 Å². The highest BCUT2D eigenvalue weighted by atomic mass is 32.1. The summed E-state index contributed by atoms with van der Waals surface area (Å²) in [5.74, 6) is 0.542. The third-order valence-corrected chi connectivity index (χ3v) is 5.40. The second-order valence-electron chi connectivity index (χ2n) is 6.92. The second-order valence-corrected chi connectivity index (χ2v) is 7.86. The normalized spacial score (nSPS) is 10.7. The Morgan fingerprint density at radius 1 is 1.06 bits per heavy atom. The zero-order chi connectivity index (χ0) is 22.5. The quantitative estimate of drug-likeness (QED) is 0.446. The van der Waals surface area contributed by atoms with Gasteiger partial charge in [-0.15, -0.1) is 11.3 Å². The minimum absolute atomic E-state index is 0.00189. The van der Waals surface area contributed by atoms with Gasteiger partial charge in [0.2, 0.25) is 5.91 Å². The Bertz CT molecular complexity index is 810. The number of carbonyl (C=O) groups is 2. The van der Waals surface area contributed by atoms with Crippen LogP contribution >= 0.6 is 11.3 Å². The molecule has 2 amide bonds. The van der Waals surface area contributed by atoms with Gasteiger partial charge >= 0.3 is 0 Å². The monoisotopic (exact) mass is 449 g/mol. The van der Waals surface area contributed by atoms with E-state index in [0.29, 0.717) is 38.5 Å². The Morgan fingerprint density at radius 2 is 1.77 bits per heavy atom. The second kappa shape index (κ2) is 13.7. The van der Waals surface area contributed by atoms with Gasteiger partial charge in [-0.2, -0.15) is 0 Å². The zero-order valence-corrected chi connectivity index (χ0v) is 19.2. The van der Waals surface area contributed by atoms with E-state index in [9.17, 15) is 9.59 Å². The molecule has 0 fully saturated rings. The summed E-state index contributed by atoms with van der Waals surface area (Å²) in [5, 5.41) is 5.27. The van der Waals surface area contributed by atoms with Crippen LogP contribution in [0.3, 0.4) is 0 Å². The molecular weight excluding hydrogens is 418 g/mol. The first-order valence-corrected chi connectivity index (χ1v) is 11.1. The van der Waals surface area contributed by atoms with Crippen LogP contribution in [0.15, 0.2) is 29.6 Å². The van der Waals surface area contributed by atoms with Gasteiger partial charge in [0.05, 0.1) is 20.1 Å². The number of nitrogens with one attached hydrogen (secondary N) is 1. The highest BCUT2D eigenvalue weighted by molar-refractivity contribution is 7.09. The van der Waals surface area contributed by atoms with E-state index in [1.807, 2.05) is 24.3 Å². The molecule has 1 N–H and O–H groups in total. The van der Waals surface area contributed by atoms with Gasteiger partial charge in [-0.1, -0.05) is 12.1 Å². The molecule has 0 atom stereocenters. The van der Waals surface area contributed by atoms with Crippen LogP contribution in [0.2, 0.25) is 0 Å². The average Bonchev–Trinajstić information content (AvgIpc) is 3.25. The van der Waals surface area contributed by atoms with Crippen molar-refractivity contribution < 1.29 is 23.8 Å². The van der Waals surface area contributed by atoms with E-state index in [4.69, 9.17) is 14.2 Å². The van der Waals surface area contributed by atoms with E-state index in [0.717, 1.165) is 29.2 Å². The maximum absolute atomic E-state index is 12.9. The third kappa shape index (κ3) is 8.64. The van der Waals surface area contributed by atoms with Crippen LogP contribution in [0.5, 0.6) is 5.75 Å². The number of carbonyl (C=O) groups excluding carboxylic acids is 2. The molecule has 1 aromatic carbocycles. The van der Waals surface area contributed by atoms with Crippen LogP contribution < -0.4 is 10.1 Å². The zero-order valence-electron chi connectivity index (χ0n) is 18.4. The Morgan fingerprint density at radius 3 is 2.45 bits per heavy atom. The lowest BCUT2D eigenvalue weighted by Gasteiger charge is -2.22. The lowest BCUT2D eigenvalue weighted by atomic mass is 10.1. The Kier molecular flexibility index (Phi) is 11.0. The van der Waals surface area contributed by atoms with Gasteiger partial charge in [-0.3, -0.25) is 9.59 Å². The molecule has 0 aliphatic heterocycles. The first-order chi connectivity index (χ1) is 15.1. The van der Waals surface area contributed by atoms with Crippen molar-refractivity contribution in [1.29, 1.82) is 0 Å². The van der Waals surface area contributed by atoms with Crippen LogP contribution in [0, 0.1) is 0 Å².